The van der Waals surface area contributed by atoms with Gasteiger partial charge in [-0.15, -0.1) is 11.3 Å². The SMILES string of the molecule is CC(=O)Nc1ccc(CNC(=O)CCC(=O)c2ccc(Cl)s2)cc1. The first kappa shape index (κ1) is 18.2. The number of hydrogen-bond acceptors (Lipinski definition) is 4. The molecule has 0 atom stereocenters. The van der Waals surface area contributed by atoms with Crippen molar-refractivity contribution in [2.24, 2.45) is 0 Å². The normalized spacial score (nSPS) is 10.2. The molecule has 2 aromatic rings. The first-order valence-corrected chi connectivity index (χ1v) is 8.55. The molecule has 1 heterocycles. The second-order valence-corrected chi connectivity index (χ2v) is 6.90. The van der Waals surface area contributed by atoms with Crippen molar-refractivity contribution in [2.75, 3.05) is 5.32 Å². The van der Waals surface area contributed by atoms with Crippen LogP contribution in [0.4, 0.5) is 5.69 Å². The van der Waals surface area contributed by atoms with Crippen molar-refractivity contribution in [3.05, 3.63) is 51.2 Å². The first-order chi connectivity index (χ1) is 11.4. The predicted octanol–water partition coefficient (Wildman–Crippen LogP) is 3.64. The molecule has 0 bridgehead atoms. The van der Waals surface area contributed by atoms with Crippen LogP contribution in [0.25, 0.3) is 0 Å². The van der Waals surface area contributed by atoms with Gasteiger partial charge in [0.2, 0.25) is 11.8 Å². The van der Waals surface area contributed by atoms with Gasteiger partial charge in [-0.2, -0.15) is 0 Å². The number of Topliss-reactive ketones (excluding diaryl/α,β-unsaturated/α-hetero) is 1. The van der Waals surface area contributed by atoms with Gasteiger partial charge in [-0.3, -0.25) is 14.4 Å². The van der Waals surface area contributed by atoms with Gasteiger partial charge < -0.3 is 10.6 Å². The van der Waals surface area contributed by atoms with Crippen molar-refractivity contribution in [3.8, 4) is 0 Å². The maximum absolute atomic E-state index is 11.9. The minimum Gasteiger partial charge on any atom is -0.352 e. The van der Waals surface area contributed by atoms with E-state index in [9.17, 15) is 14.4 Å². The minimum atomic E-state index is -0.183. The zero-order valence-electron chi connectivity index (χ0n) is 13.1. The molecule has 0 aliphatic carbocycles. The Morgan fingerprint density at radius 1 is 1.04 bits per heavy atom. The van der Waals surface area contributed by atoms with Crippen LogP contribution in [0.5, 0.6) is 0 Å². The standard InChI is InChI=1S/C17H17ClN2O3S/c1-11(21)20-13-4-2-12(3-5-13)10-19-17(23)9-6-14(22)15-7-8-16(18)24-15/h2-5,7-8H,6,9-10H2,1H3,(H,19,23)(H,20,21). The van der Waals surface area contributed by atoms with Gasteiger partial charge in [0, 0.05) is 32.0 Å². The minimum absolute atomic E-state index is 0.0817. The third-order valence-electron chi connectivity index (χ3n) is 3.19. The Morgan fingerprint density at radius 3 is 2.33 bits per heavy atom. The van der Waals surface area contributed by atoms with E-state index in [2.05, 4.69) is 10.6 Å². The number of ketones is 1. The predicted molar refractivity (Wildman–Crippen MR) is 95.5 cm³/mol. The van der Waals surface area contributed by atoms with E-state index in [4.69, 9.17) is 11.6 Å². The smallest absolute Gasteiger partial charge is 0.221 e. The molecule has 0 spiro atoms. The molecule has 0 aliphatic rings. The van der Waals surface area contributed by atoms with Gasteiger partial charge in [0.05, 0.1) is 9.21 Å². The summed E-state index contributed by atoms with van der Waals surface area (Å²) in [6, 6.07) is 10.5. The third-order valence-corrected chi connectivity index (χ3v) is 4.46. The van der Waals surface area contributed by atoms with Crippen molar-refractivity contribution in [1.82, 2.24) is 5.32 Å². The Labute approximate surface area is 149 Å². The van der Waals surface area contributed by atoms with Gasteiger partial charge in [0.15, 0.2) is 5.78 Å². The summed E-state index contributed by atoms with van der Waals surface area (Å²) in [4.78, 5) is 35.2. The Hall–Kier alpha value is -2.18. The molecule has 7 heteroatoms. The fraction of sp³-hybridized carbons (Fsp3) is 0.235. The van der Waals surface area contributed by atoms with E-state index in [-0.39, 0.29) is 30.4 Å². The van der Waals surface area contributed by atoms with Gasteiger partial charge in [-0.05, 0) is 29.8 Å². The number of benzene rings is 1. The molecule has 0 unspecified atom stereocenters. The fourth-order valence-electron chi connectivity index (χ4n) is 2.01. The molecule has 2 amide bonds. The number of amides is 2. The van der Waals surface area contributed by atoms with Crippen LogP contribution in [-0.2, 0) is 16.1 Å². The van der Waals surface area contributed by atoms with E-state index >= 15 is 0 Å². The Balaban J connectivity index is 1.74. The molecule has 0 fully saturated rings. The van der Waals surface area contributed by atoms with E-state index < -0.39 is 0 Å². The molecule has 24 heavy (non-hydrogen) atoms. The number of hydrogen-bond donors (Lipinski definition) is 2. The van der Waals surface area contributed by atoms with Crippen LogP contribution >= 0.6 is 22.9 Å². The number of anilines is 1. The number of nitrogens with one attached hydrogen (secondary N) is 2. The topological polar surface area (TPSA) is 75.3 Å². The lowest BCUT2D eigenvalue weighted by molar-refractivity contribution is -0.121. The number of carbonyl (C=O) groups is 3. The highest BCUT2D eigenvalue weighted by molar-refractivity contribution is 7.18. The molecule has 5 nitrogen and oxygen atoms in total. The van der Waals surface area contributed by atoms with E-state index in [1.54, 1.807) is 24.3 Å². The molecule has 126 valence electrons. The average molecular weight is 365 g/mol. The monoisotopic (exact) mass is 364 g/mol. The van der Waals surface area contributed by atoms with Gasteiger partial charge >= 0.3 is 0 Å². The summed E-state index contributed by atoms with van der Waals surface area (Å²) in [5.41, 5.74) is 1.62. The lowest BCUT2D eigenvalue weighted by atomic mass is 10.1. The van der Waals surface area contributed by atoms with E-state index in [1.807, 2.05) is 12.1 Å². The molecule has 0 saturated carbocycles. The van der Waals surface area contributed by atoms with Crippen LogP contribution in [0.2, 0.25) is 4.34 Å². The molecule has 1 aromatic heterocycles. The van der Waals surface area contributed by atoms with Crippen molar-refractivity contribution in [3.63, 3.8) is 0 Å². The Bertz CT molecular complexity index is 741. The van der Waals surface area contributed by atoms with Gasteiger partial charge in [-0.1, -0.05) is 23.7 Å². The summed E-state index contributed by atoms with van der Waals surface area (Å²) in [7, 11) is 0. The summed E-state index contributed by atoms with van der Waals surface area (Å²) < 4.78 is 0.561. The van der Waals surface area contributed by atoms with Crippen LogP contribution < -0.4 is 10.6 Å². The number of rotatable bonds is 7. The summed E-state index contributed by atoms with van der Waals surface area (Å²) in [6.45, 7) is 1.82. The Kier molecular flexibility index (Phi) is 6.52. The van der Waals surface area contributed by atoms with Crippen molar-refractivity contribution in [1.29, 1.82) is 0 Å². The molecule has 0 saturated heterocycles. The number of thiophene rings is 1. The lowest BCUT2D eigenvalue weighted by Gasteiger charge is -2.06. The van der Waals surface area contributed by atoms with Crippen LogP contribution in [0, 0.1) is 0 Å². The number of carbonyl (C=O) groups excluding carboxylic acids is 3. The van der Waals surface area contributed by atoms with Gasteiger partial charge in [-0.25, -0.2) is 0 Å². The highest BCUT2D eigenvalue weighted by Crippen LogP contribution is 2.22. The Morgan fingerprint density at radius 2 is 1.75 bits per heavy atom. The molecule has 0 radical (unpaired) electrons. The highest BCUT2D eigenvalue weighted by Gasteiger charge is 2.11. The summed E-state index contributed by atoms with van der Waals surface area (Å²) in [6.07, 6.45) is 0.294. The van der Waals surface area contributed by atoms with E-state index in [1.165, 1.54) is 18.3 Å². The number of halogens is 1. The van der Waals surface area contributed by atoms with Crippen LogP contribution in [0.3, 0.4) is 0 Å². The van der Waals surface area contributed by atoms with Crippen LogP contribution in [-0.4, -0.2) is 17.6 Å². The lowest BCUT2D eigenvalue weighted by Crippen LogP contribution is -2.23. The molecule has 1 aromatic carbocycles. The van der Waals surface area contributed by atoms with Crippen LogP contribution in [0.15, 0.2) is 36.4 Å². The van der Waals surface area contributed by atoms with E-state index in [0.717, 1.165) is 5.56 Å². The van der Waals surface area contributed by atoms with Crippen LogP contribution in [0.1, 0.15) is 35.0 Å². The zero-order chi connectivity index (χ0) is 17.5. The molecule has 0 aliphatic heterocycles. The third kappa shape index (κ3) is 5.79. The average Bonchev–Trinajstić information content (AvgIpc) is 2.98. The maximum Gasteiger partial charge on any atom is 0.221 e. The molecule has 2 N–H and O–H groups in total. The maximum atomic E-state index is 11.9. The van der Waals surface area contributed by atoms with Crippen molar-refractivity contribution in [2.45, 2.75) is 26.3 Å². The van der Waals surface area contributed by atoms with Crippen molar-refractivity contribution < 1.29 is 14.4 Å². The quantitative estimate of drug-likeness (QED) is 0.736. The van der Waals surface area contributed by atoms with Crippen molar-refractivity contribution >= 4 is 46.2 Å². The molecule has 2 rings (SSSR count). The first-order valence-electron chi connectivity index (χ1n) is 7.36. The molecular formula is C17H17ClN2O3S. The second-order valence-electron chi connectivity index (χ2n) is 5.18. The summed E-state index contributed by atoms with van der Waals surface area (Å²) in [5.74, 6) is -0.397. The van der Waals surface area contributed by atoms with Gasteiger partial charge in [0.25, 0.3) is 0 Å². The molecular weight excluding hydrogens is 348 g/mol. The summed E-state index contributed by atoms with van der Waals surface area (Å²) >= 11 is 7.00. The van der Waals surface area contributed by atoms with E-state index in [0.29, 0.717) is 21.4 Å². The fourth-order valence-corrected chi connectivity index (χ4v) is 3.02. The highest BCUT2D eigenvalue weighted by atomic mass is 35.5. The zero-order valence-corrected chi connectivity index (χ0v) is 14.7. The second kappa shape index (κ2) is 8.61. The largest absolute Gasteiger partial charge is 0.352 e. The van der Waals surface area contributed by atoms with Gasteiger partial charge in [0.1, 0.15) is 0 Å². The summed E-state index contributed by atoms with van der Waals surface area (Å²) in [5, 5.41) is 5.44.